The average molecular weight is 425 g/mol. The highest BCUT2D eigenvalue weighted by molar-refractivity contribution is 7.16. The van der Waals surface area contributed by atoms with Gasteiger partial charge in [-0.3, -0.25) is 9.69 Å². The number of rotatable bonds is 5. The molecule has 1 atom stereocenters. The highest BCUT2D eigenvalue weighted by Gasteiger charge is 2.31. The third-order valence-corrected chi connectivity index (χ3v) is 8.03. The van der Waals surface area contributed by atoms with Gasteiger partial charge in [0.1, 0.15) is 5.00 Å². The van der Waals surface area contributed by atoms with Gasteiger partial charge >= 0.3 is 0 Å². The Labute approximate surface area is 181 Å². The molecule has 3 aromatic rings. The highest BCUT2D eigenvalue weighted by Crippen LogP contribution is 2.44. The molecule has 1 aliphatic heterocycles. The van der Waals surface area contributed by atoms with Crippen LogP contribution >= 0.6 is 22.7 Å². The molecular weight excluding hydrogens is 396 g/mol. The molecule has 0 spiro atoms. The Hall–Kier alpha value is -1.95. The number of carbonyl (C=O) groups is 1. The van der Waals surface area contributed by atoms with Crippen molar-refractivity contribution in [1.82, 2.24) is 4.90 Å². The molecule has 0 radical (unpaired) electrons. The molecule has 1 amide bonds. The van der Waals surface area contributed by atoms with Crippen LogP contribution in [0.25, 0.3) is 0 Å². The number of thiophene rings is 2. The van der Waals surface area contributed by atoms with Crippen molar-refractivity contribution in [2.45, 2.75) is 39.7 Å². The van der Waals surface area contributed by atoms with E-state index in [4.69, 9.17) is 0 Å². The Morgan fingerprint density at radius 3 is 2.48 bits per heavy atom. The van der Waals surface area contributed by atoms with E-state index in [-0.39, 0.29) is 11.9 Å². The lowest BCUT2D eigenvalue weighted by Crippen LogP contribution is -2.36. The summed E-state index contributed by atoms with van der Waals surface area (Å²) in [6, 6.07) is 14.1. The number of aryl methyl sites for hydroxylation is 1. The molecule has 1 N–H and O–H groups in total. The second-order valence-electron chi connectivity index (χ2n) is 7.98. The van der Waals surface area contributed by atoms with Crippen molar-refractivity contribution in [1.29, 1.82) is 0 Å². The molecule has 5 heteroatoms. The lowest BCUT2D eigenvalue weighted by molar-refractivity contribution is 0.102. The van der Waals surface area contributed by atoms with Crippen LogP contribution < -0.4 is 5.32 Å². The molecule has 3 nitrogen and oxygen atoms in total. The van der Waals surface area contributed by atoms with Crippen LogP contribution in [0.5, 0.6) is 0 Å². The van der Waals surface area contributed by atoms with Gasteiger partial charge in [0.25, 0.3) is 5.91 Å². The first kappa shape index (κ1) is 20.3. The van der Waals surface area contributed by atoms with E-state index in [0.29, 0.717) is 5.56 Å². The lowest BCUT2D eigenvalue weighted by atomic mass is 9.94. The summed E-state index contributed by atoms with van der Waals surface area (Å²) in [5, 5.41) is 6.39. The van der Waals surface area contributed by atoms with Crippen LogP contribution in [0.4, 0.5) is 5.00 Å². The molecule has 0 bridgehead atoms. The maximum absolute atomic E-state index is 12.9. The van der Waals surface area contributed by atoms with Crippen LogP contribution in [0.3, 0.4) is 0 Å². The van der Waals surface area contributed by atoms with Crippen molar-refractivity contribution >= 4 is 33.6 Å². The van der Waals surface area contributed by atoms with Gasteiger partial charge in [-0.15, -0.1) is 22.7 Å². The third kappa shape index (κ3) is 4.32. The summed E-state index contributed by atoms with van der Waals surface area (Å²) < 4.78 is 0. The summed E-state index contributed by atoms with van der Waals surface area (Å²) in [6.45, 7) is 8.91. The first-order chi connectivity index (χ1) is 14.0. The van der Waals surface area contributed by atoms with E-state index in [1.807, 2.05) is 41.7 Å². The van der Waals surface area contributed by atoms with Gasteiger partial charge in [-0.1, -0.05) is 31.2 Å². The molecule has 4 rings (SSSR count). The summed E-state index contributed by atoms with van der Waals surface area (Å²) in [6.07, 6.45) is 2.46. The molecule has 1 aromatic carbocycles. The second kappa shape index (κ2) is 8.82. The molecule has 3 heterocycles. The molecule has 2 aromatic heterocycles. The fourth-order valence-electron chi connectivity index (χ4n) is 4.07. The first-order valence-electron chi connectivity index (χ1n) is 10.3. The minimum atomic E-state index is -0.0368. The Morgan fingerprint density at radius 2 is 1.83 bits per heavy atom. The van der Waals surface area contributed by atoms with E-state index in [1.54, 1.807) is 11.3 Å². The van der Waals surface area contributed by atoms with Crippen molar-refractivity contribution in [3.05, 3.63) is 74.3 Å². The fourth-order valence-corrected chi connectivity index (χ4v) is 6.02. The van der Waals surface area contributed by atoms with E-state index < -0.39 is 0 Å². The number of piperidine rings is 1. The Kier molecular flexibility index (Phi) is 6.18. The number of nitrogens with one attached hydrogen (secondary N) is 1. The summed E-state index contributed by atoms with van der Waals surface area (Å²) in [4.78, 5) is 18.1. The zero-order valence-electron chi connectivity index (χ0n) is 17.3. The van der Waals surface area contributed by atoms with Gasteiger partial charge in [-0.05, 0) is 74.8 Å². The number of carbonyl (C=O) groups excluding carboxylic acids is 1. The maximum atomic E-state index is 12.9. The van der Waals surface area contributed by atoms with E-state index in [0.717, 1.165) is 24.0 Å². The molecule has 152 valence electrons. The summed E-state index contributed by atoms with van der Waals surface area (Å²) in [5.41, 5.74) is 3.27. The largest absolute Gasteiger partial charge is 0.313 e. The molecule has 0 aliphatic carbocycles. The predicted octanol–water partition coefficient (Wildman–Crippen LogP) is 6.50. The number of hydrogen-bond acceptors (Lipinski definition) is 4. The maximum Gasteiger partial charge on any atom is 0.256 e. The van der Waals surface area contributed by atoms with Gasteiger partial charge < -0.3 is 5.32 Å². The molecule has 1 saturated heterocycles. The number of anilines is 1. The van der Waals surface area contributed by atoms with Crippen molar-refractivity contribution in [2.24, 2.45) is 5.92 Å². The summed E-state index contributed by atoms with van der Waals surface area (Å²) >= 11 is 3.51. The van der Waals surface area contributed by atoms with Crippen LogP contribution in [-0.2, 0) is 0 Å². The SMILES string of the molecule is Cc1sc(NC(=O)c2ccccc2)c(C(c2cccs2)N2CCC(C)CC2)c1C. The summed E-state index contributed by atoms with van der Waals surface area (Å²) in [7, 11) is 0. The minimum absolute atomic E-state index is 0.0368. The zero-order valence-corrected chi connectivity index (χ0v) is 18.9. The van der Waals surface area contributed by atoms with Crippen molar-refractivity contribution in [3.8, 4) is 0 Å². The number of benzene rings is 1. The van der Waals surface area contributed by atoms with E-state index in [9.17, 15) is 4.79 Å². The molecule has 1 aliphatic rings. The smallest absolute Gasteiger partial charge is 0.256 e. The van der Waals surface area contributed by atoms with Crippen molar-refractivity contribution < 1.29 is 4.79 Å². The van der Waals surface area contributed by atoms with Crippen LogP contribution in [0.1, 0.15) is 57.0 Å². The van der Waals surface area contributed by atoms with Gasteiger partial charge in [0.2, 0.25) is 0 Å². The Morgan fingerprint density at radius 1 is 1.10 bits per heavy atom. The number of hydrogen-bond donors (Lipinski definition) is 1. The van der Waals surface area contributed by atoms with Crippen LogP contribution in [0.2, 0.25) is 0 Å². The van der Waals surface area contributed by atoms with E-state index in [2.05, 4.69) is 48.5 Å². The van der Waals surface area contributed by atoms with Crippen molar-refractivity contribution in [3.63, 3.8) is 0 Å². The number of amides is 1. The second-order valence-corrected chi connectivity index (χ2v) is 10.2. The van der Waals surface area contributed by atoms with Crippen LogP contribution in [-0.4, -0.2) is 23.9 Å². The highest BCUT2D eigenvalue weighted by atomic mass is 32.1. The molecule has 1 unspecified atom stereocenters. The zero-order chi connectivity index (χ0) is 20.4. The van der Waals surface area contributed by atoms with E-state index in [1.165, 1.54) is 33.7 Å². The Balaban J connectivity index is 1.72. The van der Waals surface area contributed by atoms with Gasteiger partial charge in [0.15, 0.2) is 0 Å². The van der Waals surface area contributed by atoms with Gasteiger partial charge in [-0.2, -0.15) is 0 Å². The van der Waals surface area contributed by atoms with Crippen LogP contribution in [0.15, 0.2) is 47.8 Å². The van der Waals surface area contributed by atoms with Gasteiger partial charge in [0, 0.05) is 20.9 Å². The predicted molar refractivity (Wildman–Crippen MR) is 124 cm³/mol. The minimum Gasteiger partial charge on any atom is -0.313 e. The molecule has 0 saturated carbocycles. The summed E-state index contributed by atoms with van der Waals surface area (Å²) in [5.74, 6) is 0.753. The van der Waals surface area contributed by atoms with Gasteiger partial charge in [-0.25, -0.2) is 0 Å². The number of likely N-dealkylation sites (tertiary alicyclic amines) is 1. The Bertz CT molecular complexity index is 954. The van der Waals surface area contributed by atoms with Crippen molar-refractivity contribution in [2.75, 3.05) is 18.4 Å². The van der Waals surface area contributed by atoms with E-state index >= 15 is 0 Å². The van der Waals surface area contributed by atoms with Gasteiger partial charge in [0.05, 0.1) is 6.04 Å². The first-order valence-corrected chi connectivity index (χ1v) is 12.0. The normalized spacial score (nSPS) is 16.7. The third-order valence-electron chi connectivity index (χ3n) is 5.96. The standard InChI is InChI=1S/C24H28N2OS2/c1-16-11-13-26(14-12-16)22(20-10-7-15-28-20)21-17(2)18(3)29-24(21)25-23(27)19-8-5-4-6-9-19/h4-10,15-16,22H,11-14H2,1-3H3,(H,25,27). The monoisotopic (exact) mass is 424 g/mol. The molecular formula is C24H28N2OS2. The lowest BCUT2D eigenvalue weighted by Gasteiger charge is -2.37. The van der Waals surface area contributed by atoms with Crippen LogP contribution in [0, 0.1) is 19.8 Å². The topological polar surface area (TPSA) is 32.3 Å². The molecule has 1 fully saturated rings. The number of nitrogens with zero attached hydrogens (tertiary/aromatic N) is 1. The molecule has 29 heavy (non-hydrogen) atoms. The average Bonchev–Trinajstić information content (AvgIpc) is 3.35. The fraction of sp³-hybridized carbons (Fsp3) is 0.375. The quantitative estimate of drug-likeness (QED) is 0.507.